The number of carboxylic acids is 1. The largest absolute Gasteiger partial charge is 0.481 e. The predicted molar refractivity (Wildman–Crippen MR) is 115 cm³/mol. The van der Waals surface area contributed by atoms with Crippen molar-refractivity contribution in [3.8, 4) is 0 Å². The van der Waals surface area contributed by atoms with Gasteiger partial charge in [-0.15, -0.1) is 11.8 Å². The van der Waals surface area contributed by atoms with Gasteiger partial charge in [-0.05, 0) is 29.4 Å². The van der Waals surface area contributed by atoms with Gasteiger partial charge in [0.15, 0.2) is 0 Å². The zero-order valence-electron chi connectivity index (χ0n) is 15.8. The van der Waals surface area contributed by atoms with E-state index in [1.54, 1.807) is 17.8 Å². The molecular formula is C21H28O5S2. The van der Waals surface area contributed by atoms with E-state index in [4.69, 9.17) is 5.11 Å². The number of aliphatic carboxylic acids is 1. The van der Waals surface area contributed by atoms with Gasteiger partial charge in [0.05, 0.1) is 17.1 Å². The Morgan fingerprint density at radius 3 is 2.68 bits per heavy atom. The van der Waals surface area contributed by atoms with Crippen molar-refractivity contribution in [1.82, 2.24) is 0 Å². The molecule has 0 bridgehead atoms. The minimum absolute atomic E-state index is 0.0406. The fourth-order valence-electron chi connectivity index (χ4n) is 3.33. The molecule has 1 saturated carbocycles. The van der Waals surface area contributed by atoms with Gasteiger partial charge in [-0.3, -0.25) is 9.59 Å². The molecule has 0 aliphatic heterocycles. The van der Waals surface area contributed by atoms with Crippen molar-refractivity contribution in [2.24, 2.45) is 11.8 Å². The Kier molecular flexibility index (Phi) is 10.1. The highest BCUT2D eigenvalue weighted by Crippen LogP contribution is 2.38. The lowest BCUT2D eigenvalue weighted by molar-refractivity contribution is -0.133. The molecule has 2 rings (SSSR count). The van der Waals surface area contributed by atoms with E-state index in [1.165, 1.54) is 11.8 Å². The molecule has 1 aromatic carbocycles. The maximum absolute atomic E-state index is 12.4. The average molecular weight is 425 g/mol. The predicted octanol–water partition coefficient (Wildman–Crippen LogP) is 2.65. The van der Waals surface area contributed by atoms with Gasteiger partial charge in [-0.2, -0.15) is 11.8 Å². The molecule has 0 spiro atoms. The van der Waals surface area contributed by atoms with E-state index in [1.807, 2.05) is 36.4 Å². The van der Waals surface area contributed by atoms with Crippen LogP contribution in [0.4, 0.5) is 0 Å². The number of hydrogen-bond donors (Lipinski definition) is 3. The van der Waals surface area contributed by atoms with Crippen LogP contribution in [0.2, 0.25) is 0 Å². The van der Waals surface area contributed by atoms with E-state index in [0.717, 1.165) is 23.5 Å². The first-order chi connectivity index (χ1) is 13.5. The lowest BCUT2D eigenvalue weighted by Gasteiger charge is -2.19. The summed E-state index contributed by atoms with van der Waals surface area (Å²) >= 11 is 2.96. The van der Waals surface area contributed by atoms with Gasteiger partial charge in [-0.25, -0.2) is 0 Å². The number of Topliss-reactive ketones (excluding diaryl/α,β-unsaturated/α-hetero) is 1. The molecule has 1 aromatic rings. The summed E-state index contributed by atoms with van der Waals surface area (Å²) in [6, 6.07) is 9.74. The highest BCUT2D eigenvalue weighted by Gasteiger charge is 2.40. The summed E-state index contributed by atoms with van der Waals surface area (Å²) in [5, 5.41) is 28.4. The molecule has 0 heterocycles. The minimum Gasteiger partial charge on any atom is -0.481 e. The number of hydrogen-bond acceptors (Lipinski definition) is 6. The minimum atomic E-state index is -0.811. The molecule has 28 heavy (non-hydrogen) atoms. The number of allylic oxidation sites excluding steroid dienone is 1. The number of ketones is 1. The molecule has 0 radical (unpaired) electrons. The van der Waals surface area contributed by atoms with Gasteiger partial charge in [0, 0.05) is 25.4 Å². The highest BCUT2D eigenvalue weighted by molar-refractivity contribution is 8.01. The number of aliphatic hydroxyl groups is 2. The molecule has 1 unspecified atom stereocenters. The first-order valence-corrected chi connectivity index (χ1v) is 11.7. The molecule has 1 fully saturated rings. The summed E-state index contributed by atoms with van der Waals surface area (Å²) in [5.41, 5.74) is 1.05. The molecule has 5 nitrogen and oxygen atoms in total. The monoisotopic (exact) mass is 424 g/mol. The van der Waals surface area contributed by atoms with E-state index in [0.29, 0.717) is 12.8 Å². The van der Waals surface area contributed by atoms with Crippen LogP contribution in [0, 0.1) is 11.8 Å². The summed E-state index contributed by atoms with van der Waals surface area (Å²) in [6.07, 6.45) is 4.73. The van der Waals surface area contributed by atoms with Gasteiger partial charge in [0.1, 0.15) is 5.78 Å². The van der Waals surface area contributed by atoms with E-state index in [2.05, 4.69) is 0 Å². The smallest absolute Gasteiger partial charge is 0.313 e. The number of benzene rings is 1. The number of carbonyl (C=O) groups excluding carboxylic acids is 1. The van der Waals surface area contributed by atoms with Crippen molar-refractivity contribution in [3.63, 3.8) is 0 Å². The Morgan fingerprint density at radius 2 is 2.00 bits per heavy atom. The summed E-state index contributed by atoms with van der Waals surface area (Å²) in [7, 11) is 0. The van der Waals surface area contributed by atoms with Crippen LogP contribution in [0.5, 0.6) is 0 Å². The van der Waals surface area contributed by atoms with Crippen molar-refractivity contribution < 1.29 is 24.9 Å². The van der Waals surface area contributed by atoms with Crippen molar-refractivity contribution in [3.05, 3.63) is 48.0 Å². The molecule has 7 heteroatoms. The Morgan fingerprint density at radius 1 is 1.25 bits per heavy atom. The lowest BCUT2D eigenvalue weighted by Crippen LogP contribution is -2.21. The van der Waals surface area contributed by atoms with Gasteiger partial charge >= 0.3 is 5.97 Å². The highest BCUT2D eigenvalue weighted by atomic mass is 32.2. The van der Waals surface area contributed by atoms with Crippen LogP contribution in [-0.2, 0) is 16.0 Å². The van der Waals surface area contributed by atoms with Crippen LogP contribution in [0.25, 0.3) is 0 Å². The summed E-state index contributed by atoms with van der Waals surface area (Å²) < 4.78 is 0. The normalized spacial score (nSPS) is 23.4. The molecule has 0 aromatic heterocycles. The quantitative estimate of drug-likeness (QED) is 0.351. The van der Waals surface area contributed by atoms with Crippen LogP contribution in [0.15, 0.2) is 42.5 Å². The zero-order valence-corrected chi connectivity index (χ0v) is 17.4. The van der Waals surface area contributed by atoms with E-state index in [-0.39, 0.29) is 35.2 Å². The Balaban J connectivity index is 1.86. The number of rotatable bonds is 12. The Bertz CT molecular complexity index is 649. The van der Waals surface area contributed by atoms with Gasteiger partial charge in [-0.1, -0.05) is 42.5 Å². The molecule has 154 valence electrons. The maximum Gasteiger partial charge on any atom is 0.313 e. The number of carboxylic acid groups (broad SMARTS) is 1. The van der Waals surface area contributed by atoms with Crippen LogP contribution in [0.1, 0.15) is 18.4 Å². The molecule has 3 N–H and O–H groups in total. The van der Waals surface area contributed by atoms with Gasteiger partial charge in [0.25, 0.3) is 0 Å². The second-order valence-corrected chi connectivity index (χ2v) is 9.28. The molecule has 1 aliphatic carbocycles. The van der Waals surface area contributed by atoms with Crippen molar-refractivity contribution >= 4 is 35.3 Å². The summed E-state index contributed by atoms with van der Waals surface area (Å²) in [4.78, 5) is 22.9. The average Bonchev–Trinajstić information content (AvgIpc) is 2.98. The summed E-state index contributed by atoms with van der Waals surface area (Å²) in [5.74, 6) is 0.775. The molecule has 1 aliphatic rings. The lowest BCUT2D eigenvalue weighted by atomic mass is 9.95. The third-order valence-electron chi connectivity index (χ3n) is 4.71. The van der Waals surface area contributed by atoms with Crippen molar-refractivity contribution in [1.29, 1.82) is 0 Å². The first-order valence-electron chi connectivity index (χ1n) is 9.46. The number of carbonyl (C=O) groups is 2. The Labute approximate surface area is 174 Å². The van der Waals surface area contributed by atoms with Crippen LogP contribution in [0.3, 0.4) is 0 Å². The topological polar surface area (TPSA) is 94.8 Å². The standard InChI is InChI=1S/C21H28O5S2/c22-13-16-12-19(24)21(28-10-4-9-27-14-20(25)26)18(16)8-7-17(23)11-15-5-2-1-3-6-15/h1-3,5-8,16-18,21-23H,4,9-14H2,(H,25,26)/t16-,17?,18-,21+/m0/s1. The second-order valence-electron chi connectivity index (χ2n) is 6.92. The van der Waals surface area contributed by atoms with Crippen molar-refractivity contribution in [2.45, 2.75) is 30.6 Å². The SMILES string of the molecule is O=C(O)CSCCCS[C@H]1C(=O)C[C@@H](CO)[C@@H]1C=CC(O)Cc1ccccc1. The molecule has 4 atom stereocenters. The van der Waals surface area contributed by atoms with E-state index >= 15 is 0 Å². The van der Waals surface area contributed by atoms with Gasteiger partial charge in [0.2, 0.25) is 0 Å². The number of thioether (sulfide) groups is 2. The third-order valence-corrected chi connectivity index (χ3v) is 7.20. The molecule has 0 amide bonds. The van der Waals surface area contributed by atoms with Crippen LogP contribution >= 0.6 is 23.5 Å². The maximum atomic E-state index is 12.4. The molecular weight excluding hydrogens is 396 g/mol. The Hall–Kier alpha value is -1.28. The number of aliphatic hydroxyl groups excluding tert-OH is 2. The summed E-state index contributed by atoms with van der Waals surface area (Å²) in [6.45, 7) is -0.0406. The van der Waals surface area contributed by atoms with Gasteiger partial charge < -0.3 is 15.3 Å². The first kappa shape index (κ1) is 23.0. The third kappa shape index (κ3) is 7.62. The van der Waals surface area contributed by atoms with Crippen LogP contribution < -0.4 is 0 Å². The van der Waals surface area contributed by atoms with E-state index < -0.39 is 12.1 Å². The van der Waals surface area contributed by atoms with Crippen molar-refractivity contribution in [2.75, 3.05) is 23.9 Å². The van der Waals surface area contributed by atoms with E-state index in [9.17, 15) is 19.8 Å². The fourth-order valence-corrected chi connectivity index (χ4v) is 5.56. The molecule has 0 saturated heterocycles. The van der Waals surface area contributed by atoms with Crippen LogP contribution in [-0.4, -0.2) is 62.3 Å². The second kappa shape index (κ2) is 12.3. The zero-order chi connectivity index (χ0) is 20.4. The fraction of sp³-hybridized carbons (Fsp3) is 0.524.